The number of oxazole rings is 1. The van der Waals surface area contributed by atoms with Crippen LogP contribution in [0.25, 0.3) is 11.1 Å². The molecule has 22 heavy (non-hydrogen) atoms. The van der Waals surface area contributed by atoms with E-state index in [4.69, 9.17) is 4.42 Å². The summed E-state index contributed by atoms with van der Waals surface area (Å²) in [5.41, 5.74) is 2.33. The Labute approximate surface area is 134 Å². The largest absolute Gasteiger partial charge is 0.465 e. The summed E-state index contributed by atoms with van der Waals surface area (Å²) in [6, 6.07) is 12.5. The van der Waals surface area contributed by atoms with Gasteiger partial charge in [-0.3, -0.25) is 4.57 Å². The molecule has 1 aromatic heterocycles. The van der Waals surface area contributed by atoms with Crippen molar-refractivity contribution in [3.8, 4) is 0 Å². The first-order valence-electron chi connectivity index (χ1n) is 6.54. The van der Waals surface area contributed by atoms with Crippen LogP contribution in [0.3, 0.4) is 0 Å². The highest BCUT2D eigenvalue weighted by molar-refractivity contribution is 9.10. The number of ether oxygens (including phenoxy) is 1. The van der Waals surface area contributed by atoms with Crippen molar-refractivity contribution < 1.29 is 13.9 Å². The quantitative estimate of drug-likeness (QED) is 0.672. The van der Waals surface area contributed by atoms with Crippen LogP contribution in [0.15, 0.2) is 56.1 Å². The van der Waals surface area contributed by atoms with E-state index in [9.17, 15) is 9.59 Å². The van der Waals surface area contributed by atoms with E-state index in [0.29, 0.717) is 23.2 Å². The average molecular weight is 362 g/mol. The van der Waals surface area contributed by atoms with Crippen LogP contribution in [0.2, 0.25) is 0 Å². The number of fused-ring (bicyclic) bond motifs is 1. The summed E-state index contributed by atoms with van der Waals surface area (Å²) >= 11 is 3.38. The Morgan fingerprint density at radius 1 is 1.23 bits per heavy atom. The predicted octanol–water partition coefficient (Wildman–Crippen LogP) is 3.19. The van der Waals surface area contributed by atoms with Gasteiger partial charge in [-0.1, -0.05) is 28.1 Å². The van der Waals surface area contributed by atoms with E-state index in [0.717, 1.165) is 10.0 Å². The third kappa shape index (κ3) is 2.69. The summed E-state index contributed by atoms with van der Waals surface area (Å²) < 4.78 is 12.4. The molecule has 0 N–H and O–H groups in total. The molecule has 0 aliphatic heterocycles. The Kier molecular flexibility index (Phi) is 3.85. The van der Waals surface area contributed by atoms with Crippen LogP contribution in [0.4, 0.5) is 0 Å². The van der Waals surface area contributed by atoms with Crippen molar-refractivity contribution in [3.05, 3.63) is 68.6 Å². The van der Waals surface area contributed by atoms with Crippen molar-refractivity contribution in [2.45, 2.75) is 6.54 Å². The van der Waals surface area contributed by atoms with Gasteiger partial charge in [-0.2, -0.15) is 0 Å². The number of halogens is 1. The van der Waals surface area contributed by atoms with Crippen LogP contribution in [0.1, 0.15) is 15.9 Å². The van der Waals surface area contributed by atoms with Gasteiger partial charge in [0.1, 0.15) is 0 Å². The summed E-state index contributed by atoms with van der Waals surface area (Å²) in [7, 11) is 1.31. The molecule has 0 radical (unpaired) electrons. The Hall–Kier alpha value is -2.34. The molecule has 0 spiro atoms. The van der Waals surface area contributed by atoms with E-state index < -0.39 is 11.7 Å². The number of rotatable bonds is 3. The van der Waals surface area contributed by atoms with Gasteiger partial charge in [-0.15, -0.1) is 0 Å². The van der Waals surface area contributed by atoms with Crippen molar-refractivity contribution in [1.29, 1.82) is 0 Å². The molecule has 0 unspecified atom stereocenters. The Bertz CT molecular complexity index is 893. The van der Waals surface area contributed by atoms with Gasteiger partial charge >= 0.3 is 11.7 Å². The zero-order valence-corrected chi connectivity index (χ0v) is 13.3. The maximum Gasteiger partial charge on any atom is 0.420 e. The minimum Gasteiger partial charge on any atom is -0.465 e. The molecule has 5 nitrogen and oxygen atoms in total. The van der Waals surface area contributed by atoms with Gasteiger partial charge in [-0.25, -0.2) is 9.59 Å². The lowest BCUT2D eigenvalue weighted by Crippen LogP contribution is -2.14. The fourth-order valence-corrected chi connectivity index (χ4v) is 2.50. The second-order valence-electron chi connectivity index (χ2n) is 4.75. The molecule has 0 bridgehead atoms. The fourth-order valence-electron chi connectivity index (χ4n) is 2.23. The van der Waals surface area contributed by atoms with E-state index in [2.05, 4.69) is 20.7 Å². The molecule has 6 heteroatoms. The molecule has 3 rings (SSSR count). The Morgan fingerprint density at radius 3 is 2.64 bits per heavy atom. The minimum atomic E-state index is -0.467. The monoisotopic (exact) mass is 361 g/mol. The molecule has 0 amide bonds. The number of hydrogen-bond donors (Lipinski definition) is 0. The third-order valence-corrected chi connectivity index (χ3v) is 3.87. The Morgan fingerprint density at radius 2 is 1.95 bits per heavy atom. The summed E-state index contributed by atoms with van der Waals surface area (Å²) in [6.07, 6.45) is 0. The topological polar surface area (TPSA) is 61.4 Å². The van der Waals surface area contributed by atoms with Crippen LogP contribution in [-0.4, -0.2) is 17.6 Å². The molecule has 0 fully saturated rings. The van der Waals surface area contributed by atoms with Crippen LogP contribution >= 0.6 is 15.9 Å². The maximum absolute atomic E-state index is 12.0. The molecule has 0 aliphatic carbocycles. The number of aromatic nitrogens is 1. The normalized spacial score (nSPS) is 10.8. The average Bonchev–Trinajstić information content (AvgIpc) is 2.83. The van der Waals surface area contributed by atoms with Crippen molar-refractivity contribution in [2.24, 2.45) is 0 Å². The van der Waals surface area contributed by atoms with Crippen molar-refractivity contribution >= 4 is 33.0 Å². The van der Waals surface area contributed by atoms with E-state index >= 15 is 0 Å². The molecular formula is C16H12BrNO4. The van der Waals surface area contributed by atoms with Gasteiger partial charge in [0.2, 0.25) is 0 Å². The summed E-state index contributed by atoms with van der Waals surface area (Å²) in [6.45, 7) is 0.399. The first-order chi connectivity index (χ1) is 10.6. The standard InChI is InChI=1S/C16H12BrNO4/c1-21-15(19)11-4-7-13-14(8-11)22-16(20)18(13)9-10-2-5-12(17)6-3-10/h2-8H,9H2,1H3. The van der Waals surface area contributed by atoms with Crippen LogP contribution < -0.4 is 5.76 Å². The first-order valence-corrected chi connectivity index (χ1v) is 7.34. The summed E-state index contributed by atoms with van der Waals surface area (Å²) in [5.74, 6) is -0.926. The van der Waals surface area contributed by atoms with E-state index in [1.54, 1.807) is 12.1 Å². The lowest BCUT2D eigenvalue weighted by atomic mass is 10.2. The molecular weight excluding hydrogens is 350 g/mol. The van der Waals surface area contributed by atoms with Crippen LogP contribution in [0.5, 0.6) is 0 Å². The molecule has 1 heterocycles. The maximum atomic E-state index is 12.0. The van der Waals surface area contributed by atoms with Gasteiger partial charge in [-0.05, 0) is 35.9 Å². The number of benzene rings is 2. The zero-order valence-electron chi connectivity index (χ0n) is 11.7. The molecule has 0 aliphatic rings. The second-order valence-corrected chi connectivity index (χ2v) is 5.67. The fraction of sp³-hybridized carbons (Fsp3) is 0.125. The van der Waals surface area contributed by atoms with Gasteiger partial charge in [0.25, 0.3) is 0 Å². The second kappa shape index (κ2) is 5.81. The highest BCUT2D eigenvalue weighted by Gasteiger charge is 2.13. The van der Waals surface area contributed by atoms with Crippen molar-refractivity contribution in [3.63, 3.8) is 0 Å². The third-order valence-electron chi connectivity index (χ3n) is 3.34. The zero-order chi connectivity index (χ0) is 15.7. The number of carbonyl (C=O) groups is 1. The van der Waals surface area contributed by atoms with Crippen molar-refractivity contribution in [2.75, 3.05) is 7.11 Å². The Balaban J connectivity index is 2.03. The molecule has 0 atom stereocenters. The number of hydrogen-bond acceptors (Lipinski definition) is 4. The molecule has 112 valence electrons. The smallest absolute Gasteiger partial charge is 0.420 e. The molecule has 0 saturated carbocycles. The van der Waals surface area contributed by atoms with Gasteiger partial charge in [0.05, 0.1) is 24.7 Å². The molecule has 0 saturated heterocycles. The molecule has 3 aromatic rings. The number of esters is 1. The minimum absolute atomic E-state index is 0.347. The molecule has 2 aromatic carbocycles. The lowest BCUT2D eigenvalue weighted by molar-refractivity contribution is 0.0601. The number of methoxy groups -OCH3 is 1. The van der Waals surface area contributed by atoms with Gasteiger partial charge < -0.3 is 9.15 Å². The lowest BCUT2D eigenvalue weighted by Gasteiger charge is -2.03. The summed E-state index contributed by atoms with van der Waals surface area (Å²) in [4.78, 5) is 23.5. The number of carbonyl (C=O) groups excluding carboxylic acids is 1. The highest BCUT2D eigenvalue weighted by atomic mass is 79.9. The number of nitrogens with zero attached hydrogens (tertiary/aromatic N) is 1. The van der Waals surface area contributed by atoms with E-state index in [-0.39, 0.29) is 0 Å². The SMILES string of the molecule is COC(=O)c1ccc2c(c1)oc(=O)n2Cc1ccc(Br)cc1. The van der Waals surface area contributed by atoms with Crippen molar-refractivity contribution in [1.82, 2.24) is 4.57 Å². The first kappa shape index (κ1) is 14.6. The highest BCUT2D eigenvalue weighted by Crippen LogP contribution is 2.18. The summed E-state index contributed by atoms with van der Waals surface area (Å²) in [5, 5.41) is 0. The van der Waals surface area contributed by atoms with Gasteiger partial charge in [0.15, 0.2) is 5.58 Å². The van der Waals surface area contributed by atoms with Crippen LogP contribution in [-0.2, 0) is 11.3 Å². The van der Waals surface area contributed by atoms with Gasteiger partial charge in [0, 0.05) is 4.47 Å². The van der Waals surface area contributed by atoms with Crippen LogP contribution in [0, 0.1) is 0 Å². The van der Waals surface area contributed by atoms with E-state index in [1.807, 2.05) is 24.3 Å². The predicted molar refractivity (Wildman–Crippen MR) is 85.1 cm³/mol. The van der Waals surface area contributed by atoms with E-state index in [1.165, 1.54) is 17.7 Å².